The predicted octanol–water partition coefficient (Wildman–Crippen LogP) is 4.41. The first-order valence-corrected chi connectivity index (χ1v) is 9.28. The van der Waals surface area contributed by atoms with E-state index in [1.807, 2.05) is 41.9 Å². The summed E-state index contributed by atoms with van der Waals surface area (Å²) in [6.07, 6.45) is 1.78. The molecule has 0 aliphatic carbocycles. The summed E-state index contributed by atoms with van der Waals surface area (Å²) in [4.78, 5) is 22.6. The Labute approximate surface area is 178 Å². The van der Waals surface area contributed by atoms with E-state index in [1.165, 1.54) is 6.07 Å². The van der Waals surface area contributed by atoms with Gasteiger partial charge in [-0.2, -0.15) is 0 Å². The van der Waals surface area contributed by atoms with Crippen molar-refractivity contribution in [1.29, 1.82) is 0 Å². The largest absolute Gasteiger partial charge is 0.473 e. The molecule has 0 aliphatic heterocycles. The van der Waals surface area contributed by atoms with E-state index in [1.54, 1.807) is 12.3 Å². The number of benzene rings is 2. The third kappa shape index (κ3) is 6.03. The maximum Gasteiger partial charge on any atom is 0.414 e. The number of imidazole rings is 1. The number of carboxylic acids is 2. The van der Waals surface area contributed by atoms with Crippen LogP contribution in [0.1, 0.15) is 5.56 Å². The molecule has 10 heteroatoms. The number of carboxylic acid groups (broad SMARTS) is 2. The van der Waals surface area contributed by atoms with Crippen molar-refractivity contribution in [2.75, 3.05) is 5.32 Å². The molecule has 0 radical (unpaired) electrons. The second-order valence-electron chi connectivity index (χ2n) is 5.70. The van der Waals surface area contributed by atoms with Gasteiger partial charge in [-0.25, -0.2) is 19.0 Å². The van der Waals surface area contributed by atoms with E-state index >= 15 is 0 Å². The van der Waals surface area contributed by atoms with Gasteiger partial charge in [0.1, 0.15) is 5.82 Å². The van der Waals surface area contributed by atoms with E-state index in [0.29, 0.717) is 23.1 Å². The molecular weight excluding hydrogens is 469 g/mol. The fraction of sp³-hybridized carbons (Fsp3) is 0.105. The number of rotatable bonds is 4. The van der Waals surface area contributed by atoms with Gasteiger partial charge in [-0.3, -0.25) is 0 Å². The Morgan fingerprint density at radius 1 is 1.17 bits per heavy atom. The molecule has 1 heterocycles. The second-order valence-corrected chi connectivity index (χ2v) is 6.99. The Balaban J connectivity index is 0.000000438. The van der Waals surface area contributed by atoms with E-state index < -0.39 is 11.9 Å². The zero-order valence-electron chi connectivity index (χ0n) is 15.1. The van der Waals surface area contributed by atoms with E-state index in [9.17, 15) is 4.39 Å². The van der Waals surface area contributed by atoms with Crippen LogP contribution in [0.4, 0.5) is 10.3 Å². The minimum Gasteiger partial charge on any atom is -0.473 e. The SMILES string of the molecule is Cn1c(-c2ccc(Cl)cc2)cnc1NCc1c(F)cccc1Br.O=C(O)C(=O)O. The summed E-state index contributed by atoms with van der Waals surface area (Å²) in [7, 11) is 1.91. The van der Waals surface area contributed by atoms with E-state index in [4.69, 9.17) is 31.4 Å². The Kier molecular flexibility index (Phi) is 7.74. The summed E-state index contributed by atoms with van der Waals surface area (Å²) in [5.74, 6) is -3.23. The number of hydrogen-bond acceptors (Lipinski definition) is 4. The van der Waals surface area contributed by atoms with Crippen molar-refractivity contribution in [1.82, 2.24) is 9.55 Å². The average Bonchev–Trinajstić information content (AvgIpc) is 3.03. The summed E-state index contributed by atoms with van der Waals surface area (Å²) < 4.78 is 16.5. The molecule has 0 amide bonds. The average molecular weight is 485 g/mol. The summed E-state index contributed by atoms with van der Waals surface area (Å²) in [6, 6.07) is 12.5. The summed E-state index contributed by atoms with van der Waals surface area (Å²) in [5, 5.41) is 18.6. The number of nitrogens with zero attached hydrogens (tertiary/aromatic N) is 2. The quantitative estimate of drug-likeness (QED) is 0.474. The van der Waals surface area contributed by atoms with Crippen LogP contribution < -0.4 is 5.32 Å². The lowest BCUT2D eigenvalue weighted by atomic mass is 10.2. The van der Waals surface area contributed by atoms with Crippen LogP contribution in [0.2, 0.25) is 5.02 Å². The second kappa shape index (κ2) is 10.0. The van der Waals surface area contributed by atoms with Gasteiger partial charge in [-0.05, 0) is 29.8 Å². The smallest absolute Gasteiger partial charge is 0.414 e. The van der Waals surface area contributed by atoms with Crippen LogP contribution in [0.5, 0.6) is 0 Å². The first-order chi connectivity index (χ1) is 13.7. The molecule has 1 aromatic heterocycles. The van der Waals surface area contributed by atoms with Gasteiger partial charge in [-0.15, -0.1) is 0 Å². The molecule has 0 bridgehead atoms. The van der Waals surface area contributed by atoms with Gasteiger partial charge in [0, 0.05) is 28.7 Å². The third-order valence-corrected chi connectivity index (χ3v) is 4.79. The van der Waals surface area contributed by atoms with Crippen LogP contribution >= 0.6 is 27.5 Å². The summed E-state index contributed by atoms with van der Waals surface area (Å²) in [6.45, 7) is 0.345. The van der Waals surface area contributed by atoms with Crippen LogP contribution in [-0.2, 0) is 23.2 Å². The summed E-state index contributed by atoms with van der Waals surface area (Å²) >= 11 is 9.28. The van der Waals surface area contributed by atoms with E-state index in [0.717, 1.165) is 15.7 Å². The van der Waals surface area contributed by atoms with Crippen molar-refractivity contribution < 1.29 is 24.2 Å². The molecule has 0 aliphatic rings. The minimum absolute atomic E-state index is 0.251. The molecule has 152 valence electrons. The highest BCUT2D eigenvalue weighted by Crippen LogP contribution is 2.25. The number of anilines is 1. The first-order valence-electron chi connectivity index (χ1n) is 8.11. The van der Waals surface area contributed by atoms with E-state index in [2.05, 4.69) is 26.2 Å². The maximum absolute atomic E-state index is 13.9. The van der Waals surface area contributed by atoms with Crippen molar-refractivity contribution in [2.24, 2.45) is 7.05 Å². The lowest BCUT2D eigenvalue weighted by molar-refractivity contribution is -0.159. The molecule has 3 rings (SSSR count). The van der Waals surface area contributed by atoms with Crippen molar-refractivity contribution >= 4 is 45.4 Å². The monoisotopic (exact) mass is 483 g/mol. The van der Waals surface area contributed by atoms with Gasteiger partial charge in [0.05, 0.1) is 11.9 Å². The molecule has 2 aromatic carbocycles. The van der Waals surface area contributed by atoms with Gasteiger partial charge >= 0.3 is 11.9 Å². The molecule has 0 unspecified atom stereocenters. The molecule has 0 saturated heterocycles. The van der Waals surface area contributed by atoms with Crippen molar-refractivity contribution in [3.63, 3.8) is 0 Å². The minimum atomic E-state index is -1.82. The fourth-order valence-electron chi connectivity index (χ4n) is 2.33. The molecular formula is C19H16BrClFN3O4. The van der Waals surface area contributed by atoms with Crippen LogP contribution in [0.25, 0.3) is 11.3 Å². The Morgan fingerprint density at radius 3 is 2.34 bits per heavy atom. The number of carbonyl (C=O) groups is 2. The zero-order chi connectivity index (χ0) is 21.6. The van der Waals surface area contributed by atoms with Gasteiger partial charge in [0.15, 0.2) is 0 Å². The van der Waals surface area contributed by atoms with Gasteiger partial charge in [-0.1, -0.05) is 45.7 Å². The normalized spacial score (nSPS) is 10.1. The van der Waals surface area contributed by atoms with Crippen molar-refractivity contribution in [3.8, 4) is 11.3 Å². The number of hydrogen-bond donors (Lipinski definition) is 3. The highest BCUT2D eigenvalue weighted by atomic mass is 79.9. The molecule has 0 saturated carbocycles. The number of aromatic nitrogens is 2. The van der Waals surface area contributed by atoms with Crippen LogP contribution in [0.3, 0.4) is 0 Å². The van der Waals surface area contributed by atoms with Crippen LogP contribution in [0, 0.1) is 5.82 Å². The molecule has 29 heavy (non-hydrogen) atoms. The molecule has 0 spiro atoms. The highest BCUT2D eigenvalue weighted by molar-refractivity contribution is 9.10. The third-order valence-electron chi connectivity index (χ3n) is 3.80. The topological polar surface area (TPSA) is 104 Å². The van der Waals surface area contributed by atoms with Crippen molar-refractivity contribution in [2.45, 2.75) is 6.54 Å². The highest BCUT2D eigenvalue weighted by Gasteiger charge is 2.11. The molecule has 0 fully saturated rings. The van der Waals surface area contributed by atoms with Crippen molar-refractivity contribution in [3.05, 3.63) is 69.5 Å². The number of aliphatic carboxylic acids is 2. The molecule has 0 atom stereocenters. The zero-order valence-corrected chi connectivity index (χ0v) is 17.4. The Hall–Kier alpha value is -2.91. The van der Waals surface area contributed by atoms with Gasteiger partial charge in [0.2, 0.25) is 5.95 Å². The van der Waals surface area contributed by atoms with Crippen LogP contribution in [0.15, 0.2) is 53.1 Å². The van der Waals surface area contributed by atoms with Gasteiger partial charge < -0.3 is 20.1 Å². The fourth-order valence-corrected chi connectivity index (χ4v) is 2.94. The molecule has 3 aromatic rings. The first kappa shape index (κ1) is 22.4. The lowest BCUT2D eigenvalue weighted by Crippen LogP contribution is -2.09. The lowest BCUT2D eigenvalue weighted by Gasteiger charge is -2.10. The Bertz CT molecular complexity index is 993. The number of halogens is 3. The summed E-state index contributed by atoms with van der Waals surface area (Å²) in [5.41, 5.74) is 2.55. The standard InChI is InChI=1S/C17H14BrClFN3.C2H2O4/c1-23-16(11-5-7-12(19)8-6-11)10-22-17(23)21-9-13-14(18)3-2-4-15(13)20;3-1(4)2(5)6/h2-8,10H,9H2,1H3,(H,21,22);(H,3,4)(H,5,6). The van der Waals surface area contributed by atoms with Crippen LogP contribution in [-0.4, -0.2) is 31.7 Å². The maximum atomic E-state index is 13.9. The number of nitrogens with one attached hydrogen (secondary N) is 1. The van der Waals surface area contributed by atoms with E-state index in [-0.39, 0.29) is 5.82 Å². The van der Waals surface area contributed by atoms with Gasteiger partial charge in [0.25, 0.3) is 0 Å². The molecule has 3 N–H and O–H groups in total. The predicted molar refractivity (Wildman–Crippen MR) is 110 cm³/mol. The Morgan fingerprint density at radius 2 is 1.79 bits per heavy atom. The molecule has 7 nitrogen and oxygen atoms in total.